The summed E-state index contributed by atoms with van der Waals surface area (Å²) in [5, 5.41) is 12.8. The van der Waals surface area contributed by atoms with Gasteiger partial charge in [0.15, 0.2) is 0 Å². The molecule has 0 bridgehead atoms. The number of hydrogen-bond donors (Lipinski definition) is 1. The monoisotopic (exact) mass is 421 g/mol. The predicted octanol–water partition coefficient (Wildman–Crippen LogP) is 2.20. The van der Waals surface area contributed by atoms with Crippen LogP contribution in [0.25, 0.3) is 0 Å². The minimum Gasteiger partial charge on any atom is -0.497 e. The van der Waals surface area contributed by atoms with E-state index in [1.54, 1.807) is 12.0 Å². The number of nitrogens with zero attached hydrogens (tertiary/aromatic N) is 5. The second-order valence-corrected chi connectivity index (χ2v) is 8.37. The van der Waals surface area contributed by atoms with E-state index in [9.17, 15) is 0 Å². The lowest BCUT2D eigenvalue weighted by Crippen LogP contribution is -3.15. The summed E-state index contributed by atoms with van der Waals surface area (Å²) in [6.07, 6.45) is 1.02. The number of tetrazole rings is 1. The fraction of sp³-hybridized carbons (Fsp3) is 0.458. The minimum absolute atomic E-state index is 0.300. The van der Waals surface area contributed by atoms with Gasteiger partial charge in [0.25, 0.3) is 0 Å². The van der Waals surface area contributed by atoms with Crippen LogP contribution in [0.4, 0.5) is 5.69 Å². The molecular formula is C24H33N6O+. The quantitative estimate of drug-likeness (QED) is 0.634. The molecule has 1 atom stereocenters. The van der Waals surface area contributed by atoms with Crippen molar-refractivity contribution in [1.82, 2.24) is 20.2 Å². The number of ether oxygens (including phenoxy) is 1. The lowest BCUT2D eigenvalue weighted by Gasteiger charge is -2.37. The fourth-order valence-electron chi connectivity index (χ4n) is 4.59. The first-order valence-corrected chi connectivity index (χ1v) is 11.2. The van der Waals surface area contributed by atoms with Crippen LogP contribution in [0.1, 0.15) is 41.9 Å². The molecule has 1 fully saturated rings. The molecule has 1 N–H and O–H groups in total. The smallest absolute Gasteiger partial charge is 0.209 e. The molecule has 0 amide bonds. The second kappa shape index (κ2) is 9.47. The van der Waals surface area contributed by atoms with Crippen molar-refractivity contribution in [2.45, 2.75) is 39.8 Å². The molecule has 3 aromatic rings. The van der Waals surface area contributed by atoms with Crippen LogP contribution in [-0.4, -0.2) is 53.5 Å². The molecule has 1 aliphatic heterocycles. The molecule has 0 radical (unpaired) electrons. The van der Waals surface area contributed by atoms with Crippen LogP contribution in [0.3, 0.4) is 0 Å². The number of aryl methyl sites for hydroxylation is 1. The number of hydrogen-bond acceptors (Lipinski definition) is 5. The van der Waals surface area contributed by atoms with Crippen molar-refractivity contribution in [3.8, 4) is 5.75 Å². The third kappa shape index (κ3) is 4.56. The number of piperazine rings is 1. The van der Waals surface area contributed by atoms with Gasteiger partial charge in [0.1, 0.15) is 11.8 Å². The maximum Gasteiger partial charge on any atom is 0.209 e. The van der Waals surface area contributed by atoms with E-state index in [1.165, 1.54) is 22.4 Å². The first-order chi connectivity index (χ1) is 15.1. The zero-order valence-electron chi connectivity index (χ0n) is 19.0. The van der Waals surface area contributed by atoms with Crippen molar-refractivity contribution in [2.24, 2.45) is 0 Å². The zero-order valence-corrected chi connectivity index (χ0v) is 19.0. The Morgan fingerprint density at radius 3 is 2.48 bits per heavy atom. The van der Waals surface area contributed by atoms with E-state index in [4.69, 9.17) is 4.74 Å². The van der Waals surface area contributed by atoms with Crippen LogP contribution >= 0.6 is 0 Å². The number of quaternary nitrogens is 1. The van der Waals surface area contributed by atoms with E-state index in [1.807, 2.05) is 16.8 Å². The fourth-order valence-corrected chi connectivity index (χ4v) is 4.59. The highest BCUT2D eigenvalue weighted by Crippen LogP contribution is 2.23. The first kappa shape index (κ1) is 21.3. The summed E-state index contributed by atoms with van der Waals surface area (Å²) < 4.78 is 7.22. The highest BCUT2D eigenvalue weighted by atomic mass is 16.5. The molecule has 1 aromatic heterocycles. The van der Waals surface area contributed by atoms with Gasteiger partial charge in [-0.1, -0.05) is 31.2 Å². The Hall–Kier alpha value is -2.93. The van der Waals surface area contributed by atoms with Gasteiger partial charge in [-0.3, -0.25) is 0 Å². The predicted molar refractivity (Wildman–Crippen MR) is 122 cm³/mol. The lowest BCUT2D eigenvalue weighted by atomic mass is 10.1. The van der Waals surface area contributed by atoms with Gasteiger partial charge in [-0.25, -0.2) is 4.68 Å². The average molecular weight is 422 g/mol. The molecule has 7 heteroatoms. The molecular weight excluding hydrogens is 388 g/mol. The van der Waals surface area contributed by atoms with Gasteiger partial charge < -0.3 is 14.5 Å². The van der Waals surface area contributed by atoms with Crippen LogP contribution in [0.15, 0.2) is 42.5 Å². The molecule has 1 saturated heterocycles. The van der Waals surface area contributed by atoms with E-state index in [0.717, 1.165) is 44.2 Å². The maximum atomic E-state index is 5.26. The van der Waals surface area contributed by atoms with Gasteiger partial charge in [-0.05, 0) is 59.2 Å². The van der Waals surface area contributed by atoms with Crippen LogP contribution < -0.4 is 14.5 Å². The van der Waals surface area contributed by atoms with E-state index < -0.39 is 0 Å². The van der Waals surface area contributed by atoms with E-state index in [2.05, 4.69) is 71.5 Å². The standard InChI is InChI=1S/C24H32N6O/c1-5-22(24-25-26-27-30(24)17-20-9-11-21(31-4)12-10-20)28-13-15-29(16-14-28)23-8-6-7-18(2)19(23)3/h6-12,22H,5,13-17H2,1-4H3/p+1/t22-/m1/s1. The summed E-state index contributed by atoms with van der Waals surface area (Å²) in [6.45, 7) is 11.6. The lowest BCUT2D eigenvalue weighted by molar-refractivity contribution is -0.933. The van der Waals surface area contributed by atoms with Crippen LogP contribution in [0.2, 0.25) is 0 Å². The summed E-state index contributed by atoms with van der Waals surface area (Å²) in [5.74, 6) is 1.84. The van der Waals surface area contributed by atoms with Crippen molar-refractivity contribution < 1.29 is 9.64 Å². The maximum absolute atomic E-state index is 5.26. The van der Waals surface area contributed by atoms with E-state index in [-0.39, 0.29) is 0 Å². The molecule has 164 valence electrons. The highest BCUT2D eigenvalue weighted by molar-refractivity contribution is 5.56. The minimum atomic E-state index is 0.300. The zero-order chi connectivity index (χ0) is 21.8. The third-order valence-electron chi connectivity index (χ3n) is 6.59. The molecule has 2 heterocycles. The number of anilines is 1. The normalized spacial score (nSPS) is 15.8. The second-order valence-electron chi connectivity index (χ2n) is 8.37. The SMILES string of the molecule is CC[C@H](c1nnnn1Cc1ccc(OC)cc1)[NH+]1CCN(c2cccc(C)c2C)CC1. The number of benzene rings is 2. The van der Waals surface area contributed by atoms with Gasteiger partial charge >= 0.3 is 0 Å². The summed E-state index contributed by atoms with van der Waals surface area (Å²) in [7, 11) is 1.68. The molecule has 0 spiro atoms. The van der Waals surface area contributed by atoms with Crippen LogP contribution in [-0.2, 0) is 6.54 Å². The van der Waals surface area contributed by atoms with Crippen molar-refractivity contribution in [2.75, 3.05) is 38.2 Å². The Balaban J connectivity index is 1.45. The molecule has 0 saturated carbocycles. The van der Waals surface area contributed by atoms with E-state index in [0.29, 0.717) is 12.6 Å². The largest absolute Gasteiger partial charge is 0.497 e. The Morgan fingerprint density at radius 2 is 1.81 bits per heavy atom. The van der Waals surface area contributed by atoms with Crippen molar-refractivity contribution in [3.63, 3.8) is 0 Å². The van der Waals surface area contributed by atoms with Gasteiger partial charge in [0.2, 0.25) is 5.82 Å². The van der Waals surface area contributed by atoms with Crippen molar-refractivity contribution in [3.05, 3.63) is 65.0 Å². The van der Waals surface area contributed by atoms with Crippen molar-refractivity contribution >= 4 is 5.69 Å². The molecule has 4 rings (SSSR count). The molecule has 1 aliphatic rings. The molecule has 2 aromatic carbocycles. The third-order valence-corrected chi connectivity index (χ3v) is 6.59. The molecule has 0 unspecified atom stereocenters. The Morgan fingerprint density at radius 1 is 1.06 bits per heavy atom. The number of rotatable bonds is 7. The van der Waals surface area contributed by atoms with Crippen molar-refractivity contribution in [1.29, 1.82) is 0 Å². The van der Waals surface area contributed by atoms with Crippen LogP contribution in [0, 0.1) is 13.8 Å². The van der Waals surface area contributed by atoms with Gasteiger partial charge in [0.05, 0.1) is 39.8 Å². The summed E-state index contributed by atoms with van der Waals surface area (Å²) in [4.78, 5) is 4.09. The van der Waals surface area contributed by atoms with Gasteiger partial charge in [0, 0.05) is 12.1 Å². The Kier molecular flexibility index (Phi) is 6.51. The molecule has 7 nitrogen and oxygen atoms in total. The molecule has 0 aliphatic carbocycles. The average Bonchev–Trinajstić information content (AvgIpc) is 3.25. The summed E-state index contributed by atoms with van der Waals surface area (Å²) in [5.41, 5.74) is 5.29. The summed E-state index contributed by atoms with van der Waals surface area (Å²) >= 11 is 0. The number of methoxy groups -OCH3 is 1. The van der Waals surface area contributed by atoms with Gasteiger partial charge in [-0.15, -0.1) is 5.10 Å². The highest BCUT2D eigenvalue weighted by Gasteiger charge is 2.31. The Bertz CT molecular complexity index is 992. The number of aromatic nitrogens is 4. The Labute approximate surface area is 184 Å². The van der Waals surface area contributed by atoms with Crippen LogP contribution in [0.5, 0.6) is 5.75 Å². The molecule has 31 heavy (non-hydrogen) atoms. The van der Waals surface area contributed by atoms with E-state index >= 15 is 0 Å². The first-order valence-electron chi connectivity index (χ1n) is 11.2. The topological polar surface area (TPSA) is 60.5 Å². The number of nitrogens with one attached hydrogen (secondary N) is 1. The van der Waals surface area contributed by atoms with Gasteiger partial charge in [-0.2, -0.15) is 0 Å². The summed E-state index contributed by atoms with van der Waals surface area (Å²) in [6, 6.07) is 15.0.